The normalized spacial score (nSPS) is 14.8. The first-order valence-electron chi connectivity index (χ1n) is 8.59. The first-order valence-corrected chi connectivity index (χ1v) is 10.6. The fraction of sp³-hybridized carbons (Fsp3) is 0.211. The van der Waals surface area contributed by atoms with E-state index >= 15 is 0 Å². The Morgan fingerprint density at radius 2 is 2.14 bits per heavy atom. The average Bonchev–Trinajstić information content (AvgIpc) is 3.32. The summed E-state index contributed by atoms with van der Waals surface area (Å²) in [6.45, 7) is 1.70. The van der Waals surface area contributed by atoms with Crippen LogP contribution < -0.4 is 0 Å². The number of thioether (sulfide) groups is 1. The fourth-order valence-electron chi connectivity index (χ4n) is 3.09. The van der Waals surface area contributed by atoms with Gasteiger partial charge in [-0.15, -0.1) is 0 Å². The van der Waals surface area contributed by atoms with Crippen LogP contribution in [0.1, 0.15) is 12.5 Å². The first kappa shape index (κ1) is 20.2. The van der Waals surface area contributed by atoms with Crippen LogP contribution in [-0.4, -0.2) is 29.5 Å². The number of rotatable bonds is 6. The number of benzene rings is 2. The van der Waals surface area contributed by atoms with Crippen molar-refractivity contribution in [1.29, 1.82) is 0 Å². The summed E-state index contributed by atoms with van der Waals surface area (Å²) >= 11 is 8.79. The SMILES string of the molecule is C[C@@H](Sc1nsc2c(Cl)cccc12)[C@](O)(Cn1cncn1)c1ccc(F)cc1F. The molecule has 29 heavy (non-hydrogen) atoms. The van der Waals surface area contributed by atoms with Crippen molar-refractivity contribution in [2.75, 3.05) is 0 Å². The molecule has 150 valence electrons. The second kappa shape index (κ2) is 7.98. The Morgan fingerprint density at radius 3 is 2.86 bits per heavy atom. The summed E-state index contributed by atoms with van der Waals surface area (Å²) in [6.07, 6.45) is 2.76. The molecule has 4 rings (SSSR count). The standard InChI is InChI=1S/C19H15ClF2N4OS2/c1-11(28-18-13-3-2-4-15(20)17(13)29-25-18)19(27,8-26-10-23-9-24-26)14-6-5-12(21)7-16(14)22/h2-7,9-11,27H,8H2,1H3/t11-,19-/m1/s1. The smallest absolute Gasteiger partial charge is 0.137 e. The van der Waals surface area contributed by atoms with Crippen molar-refractivity contribution in [2.45, 2.75) is 29.3 Å². The summed E-state index contributed by atoms with van der Waals surface area (Å²) in [6, 6.07) is 8.66. The van der Waals surface area contributed by atoms with E-state index in [9.17, 15) is 13.9 Å². The zero-order chi connectivity index (χ0) is 20.6. The topological polar surface area (TPSA) is 63.8 Å². The highest BCUT2D eigenvalue weighted by Crippen LogP contribution is 2.42. The molecule has 0 aliphatic carbocycles. The monoisotopic (exact) mass is 452 g/mol. The lowest BCUT2D eigenvalue weighted by molar-refractivity contribution is 0.0133. The second-order valence-corrected chi connectivity index (χ2v) is 9.02. The van der Waals surface area contributed by atoms with Crippen LogP contribution in [0.5, 0.6) is 0 Å². The maximum Gasteiger partial charge on any atom is 0.137 e. The summed E-state index contributed by atoms with van der Waals surface area (Å²) < 4.78 is 34.8. The molecule has 0 fully saturated rings. The van der Waals surface area contributed by atoms with Gasteiger partial charge in [0.05, 0.1) is 16.3 Å². The largest absolute Gasteiger partial charge is 0.382 e. The molecule has 5 nitrogen and oxygen atoms in total. The van der Waals surface area contributed by atoms with E-state index in [0.29, 0.717) is 10.0 Å². The van der Waals surface area contributed by atoms with Crippen molar-refractivity contribution in [2.24, 2.45) is 0 Å². The molecule has 0 unspecified atom stereocenters. The Bertz CT molecular complexity index is 1150. The molecule has 10 heteroatoms. The lowest BCUT2D eigenvalue weighted by Crippen LogP contribution is -2.41. The van der Waals surface area contributed by atoms with E-state index in [1.54, 1.807) is 13.0 Å². The lowest BCUT2D eigenvalue weighted by atomic mass is 9.90. The Morgan fingerprint density at radius 1 is 1.31 bits per heavy atom. The molecule has 0 saturated carbocycles. The minimum Gasteiger partial charge on any atom is -0.382 e. The van der Waals surface area contributed by atoms with Crippen molar-refractivity contribution in [3.05, 3.63) is 71.3 Å². The van der Waals surface area contributed by atoms with Crippen LogP contribution in [-0.2, 0) is 12.1 Å². The number of hydrogen-bond donors (Lipinski definition) is 1. The molecule has 0 radical (unpaired) electrons. The predicted octanol–water partition coefficient (Wildman–Crippen LogP) is 4.89. The third kappa shape index (κ3) is 3.87. The molecule has 2 heterocycles. The third-order valence-electron chi connectivity index (χ3n) is 4.65. The van der Waals surface area contributed by atoms with E-state index in [1.807, 2.05) is 12.1 Å². The number of hydrogen-bond acceptors (Lipinski definition) is 6. The van der Waals surface area contributed by atoms with Crippen LogP contribution in [0.25, 0.3) is 10.1 Å². The van der Waals surface area contributed by atoms with Gasteiger partial charge in [0.1, 0.15) is 34.9 Å². The van der Waals surface area contributed by atoms with Crippen LogP contribution in [0.2, 0.25) is 5.02 Å². The summed E-state index contributed by atoms with van der Waals surface area (Å²) in [5.41, 5.74) is -1.73. The van der Waals surface area contributed by atoms with Crippen molar-refractivity contribution in [3.63, 3.8) is 0 Å². The Kier molecular flexibility index (Phi) is 5.56. The maximum atomic E-state index is 14.6. The van der Waals surface area contributed by atoms with Crippen LogP contribution >= 0.6 is 34.9 Å². The molecule has 0 aliphatic rings. The van der Waals surface area contributed by atoms with Gasteiger partial charge in [0.25, 0.3) is 0 Å². The van der Waals surface area contributed by atoms with E-state index in [4.69, 9.17) is 11.6 Å². The van der Waals surface area contributed by atoms with Gasteiger partial charge in [0.2, 0.25) is 0 Å². The Balaban J connectivity index is 1.74. The van der Waals surface area contributed by atoms with Gasteiger partial charge in [-0.25, -0.2) is 18.4 Å². The van der Waals surface area contributed by atoms with Crippen molar-refractivity contribution in [3.8, 4) is 0 Å². The highest BCUT2D eigenvalue weighted by molar-refractivity contribution is 8.00. The predicted molar refractivity (Wildman–Crippen MR) is 110 cm³/mol. The summed E-state index contributed by atoms with van der Waals surface area (Å²) in [5, 5.41) is 17.2. The molecule has 1 N–H and O–H groups in total. The summed E-state index contributed by atoms with van der Waals surface area (Å²) in [7, 11) is 0. The van der Waals surface area contributed by atoms with Gasteiger partial charge in [0, 0.05) is 22.3 Å². The fourth-order valence-corrected chi connectivity index (χ4v) is 5.44. The zero-order valence-corrected chi connectivity index (χ0v) is 17.5. The molecule has 0 bridgehead atoms. The molecule has 2 atom stereocenters. The van der Waals surface area contributed by atoms with Gasteiger partial charge in [0.15, 0.2) is 0 Å². The van der Waals surface area contributed by atoms with Gasteiger partial charge in [-0.1, -0.05) is 41.6 Å². The minimum atomic E-state index is -1.70. The van der Waals surface area contributed by atoms with E-state index in [1.165, 1.54) is 46.7 Å². The molecule has 0 aliphatic heterocycles. The number of halogens is 3. The average molecular weight is 453 g/mol. The Hall–Kier alpha value is -2.07. The molecular formula is C19H15ClF2N4OS2. The first-order chi connectivity index (χ1) is 13.9. The molecule has 0 saturated heterocycles. The summed E-state index contributed by atoms with van der Waals surface area (Å²) in [4.78, 5) is 3.88. The molecular weight excluding hydrogens is 438 g/mol. The van der Waals surface area contributed by atoms with Gasteiger partial charge >= 0.3 is 0 Å². The number of nitrogens with zero attached hydrogens (tertiary/aromatic N) is 4. The molecule has 2 aromatic heterocycles. The van der Waals surface area contributed by atoms with Gasteiger partial charge in [-0.05, 0) is 30.6 Å². The number of aliphatic hydroxyl groups is 1. The Labute approximate surface area is 178 Å². The van der Waals surface area contributed by atoms with Gasteiger partial charge in [-0.3, -0.25) is 0 Å². The number of fused-ring (bicyclic) bond motifs is 1. The van der Waals surface area contributed by atoms with Gasteiger partial charge in [-0.2, -0.15) is 9.47 Å². The van der Waals surface area contributed by atoms with Crippen LogP contribution in [0, 0.1) is 11.6 Å². The van der Waals surface area contributed by atoms with Crippen LogP contribution in [0.15, 0.2) is 54.1 Å². The molecule has 4 aromatic rings. The van der Waals surface area contributed by atoms with Crippen LogP contribution in [0.3, 0.4) is 0 Å². The molecule has 0 amide bonds. The van der Waals surface area contributed by atoms with Crippen LogP contribution in [0.4, 0.5) is 8.78 Å². The molecule has 2 aromatic carbocycles. The van der Waals surface area contributed by atoms with Crippen molar-refractivity contribution >= 4 is 45.0 Å². The van der Waals surface area contributed by atoms with E-state index in [2.05, 4.69) is 14.5 Å². The third-order valence-corrected chi connectivity index (χ3v) is 7.36. The van der Waals surface area contributed by atoms with Crippen molar-refractivity contribution in [1.82, 2.24) is 19.1 Å². The highest BCUT2D eigenvalue weighted by Gasteiger charge is 2.40. The summed E-state index contributed by atoms with van der Waals surface area (Å²) in [5.74, 6) is -1.54. The maximum absolute atomic E-state index is 14.6. The quantitative estimate of drug-likeness (QED) is 0.422. The lowest BCUT2D eigenvalue weighted by Gasteiger charge is -2.34. The van der Waals surface area contributed by atoms with Crippen molar-refractivity contribution < 1.29 is 13.9 Å². The van der Waals surface area contributed by atoms with E-state index in [-0.39, 0.29) is 12.1 Å². The second-order valence-electron chi connectivity index (χ2n) is 6.51. The van der Waals surface area contributed by atoms with Gasteiger partial charge < -0.3 is 5.11 Å². The van der Waals surface area contributed by atoms with E-state index in [0.717, 1.165) is 22.2 Å². The zero-order valence-electron chi connectivity index (χ0n) is 15.1. The molecule has 0 spiro atoms. The minimum absolute atomic E-state index is 0.0213. The number of aromatic nitrogens is 4. The van der Waals surface area contributed by atoms with E-state index < -0.39 is 22.5 Å². The highest BCUT2D eigenvalue weighted by atomic mass is 35.5.